The van der Waals surface area contributed by atoms with Crippen molar-refractivity contribution in [2.75, 3.05) is 0 Å². The lowest BCUT2D eigenvalue weighted by Gasteiger charge is -2.00. The van der Waals surface area contributed by atoms with Crippen LogP contribution in [0.15, 0.2) is 33.6 Å². The number of nitrogens with one attached hydrogen (secondary N) is 1. The highest BCUT2D eigenvalue weighted by atomic mass is 16.6. The molecule has 0 unspecified atom stereocenters. The maximum atomic E-state index is 11.4. The number of nitro groups is 1. The van der Waals surface area contributed by atoms with Gasteiger partial charge in [0.2, 0.25) is 0 Å². The maximum absolute atomic E-state index is 11.4. The van der Waals surface area contributed by atoms with Gasteiger partial charge in [-0.15, -0.1) is 0 Å². The summed E-state index contributed by atoms with van der Waals surface area (Å²) in [6, 6.07) is 6.34. The molecule has 17 heavy (non-hydrogen) atoms. The highest BCUT2D eigenvalue weighted by Gasteiger charge is 2.16. The van der Waals surface area contributed by atoms with Crippen LogP contribution in [-0.4, -0.2) is 10.1 Å². The van der Waals surface area contributed by atoms with Gasteiger partial charge >= 0.3 is 5.63 Å². The van der Waals surface area contributed by atoms with Crippen molar-refractivity contribution in [1.82, 2.24) is 5.16 Å². The van der Waals surface area contributed by atoms with Crippen molar-refractivity contribution in [1.29, 1.82) is 0 Å². The van der Waals surface area contributed by atoms with Crippen molar-refractivity contribution in [2.24, 2.45) is 0 Å². The number of nitro benzene ring substituents is 1. The molecule has 0 aliphatic carbocycles. The Morgan fingerprint density at radius 3 is 2.71 bits per heavy atom. The summed E-state index contributed by atoms with van der Waals surface area (Å²) in [7, 11) is 0. The van der Waals surface area contributed by atoms with Crippen LogP contribution in [0.5, 0.6) is 0 Å². The monoisotopic (exact) mass is 234 g/mol. The highest BCUT2D eigenvalue weighted by Crippen LogP contribution is 2.20. The third-order valence-corrected chi connectivity index (χ3v) is 2.55. The zero-order valence-electron chi connectivity index (χ0n) is 9.10. The molecular weight excluding hydrogens is 224 g/mol. The first kappa shape index (κ1) is 11.1. The molecule has 0 fully saturated rings. The SMILES string of the molecule is Cc1[nH]oc(=O)c1Cc1ccccc1[N+](=O)[O-]. The van der Waals surface area contributed by atoms with Crippen LogP contribution in [0.3, 0.4) is 0 Å². The fourth-order valence-electron chi connectivity index (χ4n) is 1.63. The van der Waals surface area contributed by atoms with Crippen molar-refractivity contribution in [3.05, 3.63) is 61.6 Å². The molecule has 6 heteroatoms. The normalized spacial score (nSPS) is 10.4. The molecule has 0 saturated carbocycles. The van der Waals surface area contributed by atoms with Gasteiger partial charge in [-0.3, -0.25) is 10.1 Å². The van der Waals surface area contributed by atoms with Gasteiger partial charge in [-0.05, 0) is 6.92 Å². The second kappa shape index (κ2) is 4.25. The third-order valence-electron chi connectivity index (χ3n) is 2.55. The quantitative estimate of drug-likeness (QED) is 0.647. The second-order valence-corrected chi connectivity index (χ2v) is 3.66. The maximum Gasteiger partial charge on any atom is 0.360 e. The largest absolute Gasteiger partial charge is 0.360 e. The number of nitrogens with zero attached hydrogens (tertiary/aromatic N) is 1. The summed E-state index contributed by atoms with van der Waals surface area (Å²) in [5.74, 6) is 0. The third kappa shape index (κ3) is 2.10. The average Bonchev–Trinajstić information content (AvgIpc) is 2.61. The van der Waals surface area contributed by atoms with Gasteiger partial charge in [0.25, 0.3) is 5.69 Å². The van der Waals surface area contributed by atoms with Crippen molar-refractivity contribution in [3.63, 3.8) is 0 Å². The first-order valence-electron chi connectivity index (χ1n) is 4.99. The van der Waals surface area contributed by atoms with Crippen LogP contribution in [-0.2, 0) is 6.42 Å². The summed E-state index contributed by atoms with van der Waals surface area (Å²) in [5, 5.41) is 13.3. The molecule has 1 aromatic carbocycles. The lowest BCUT2D eigenvalue weighted by atomic mass is 10.0. The number of H-pyrrole nitrogens is 1. The minimum absolute atomic E-state index is 0.00694. The van der Waals surface area contributed by atoms with Crippen LogP contribution >= 0.6 is 0 Å². The molecule has 0 aliphatic rings. The van der Waals surface area contributed by atoms with Gasteiger partial charge < -0.3 is 4.52 Å². The predicted octanol–water partition coefficient (Wildman–Crippen LogP) is 1.78. The number of aromatic amines is 1. The van der Waals surface area contributed by atoms with Crippen LogP contribution in [0.25, 0.3) is 0 Å². The van der Waals surface area contributed by atoms with Crippen LogP contribution in [0.2, 0.25) is 0 Å². The average molecular weight is 234 g/mol. The number of rotatable bonds is 3. The summed E-state index contributed by atoms with van der Waals surface area (Å²) in [5.41, 5.74) is 1.02. The van der Waals surface area contributed by atoms with Crippen LogP contribution < -0.4 is 5.63 Å². The molecule has 1 heterocycles. The summed E-state index contributed by atoms with van der Waals surface area (Å²) in [6.07, 6.45) is 0.189. The lowest BCUT2D eigenvalue weighted by molar-refractivity contribution is -0.385. The van der Waals surface area contributed by atoms with Crippen LogP contribution in [0, 0.1) is 17.0 Å². The fourth-order valence-corrected chi connectivity index (χ4v) is 1.63. The van der Waals surface area contributed by atoms with Crippen LogP contribution in [0.4, 0.5) is 5.69 Å². The molecule has 0 spiro atoms. The van der Waals surface area contributed by atoms with Gasteiger partial charge in [0.05, 0.1) is 16.2 Å². The lowest BCUT2D eigenvalue weighted by Crippen LogP contribution is -2.05. The Morgan fingerprint density at radius 1 is 1.41 bits per heavy atom. The van der Waals surface area contributed by atoms with Crippen molar-refractivity contribution in [3.8, 4) is 0 Å². The molecule has 0 aliphatic heterocycles. The highest BCUT2D eigenvalue weighted by molar-refractivity contribution is 5.42. The van der Waals surface area contributed by atoms with E-state index in [-0.39, 0.29) is 12.1 Å². The number of aromatic nitrogens is 1. The van der Waals surface area contributed by atoms with Gasteiger partial charge in [0, 0.05) is 18.1 Å². The fraction of sp³-hybridized carbons (Fsp3) is 0.182. The molecule has 0 saturated heterocycles. The molecule has 0 atom stereocenters. The van der Waals surface area contributed by atoms with Gasteiger partial charge in [0.15, 0.2) is 0 Å². The van der Waals surface area contributed by atoms with E-state index in [4.69, 9.17) is 0 Å². The van der Waals surface area contributed by atoms with Crippen LogP contribution in [0.1, 0.15) is 16.8 Å². The van der Waals surface area contributed by atoms with E-state index in [0.717, 1.165) is 0 Å². The predicted molar refractivity (Wildman–Crippen MR) is 60.0 cm³/mol. The molecule has 0 radical (unpaired) electrons. The Morgan fingerprint density at radius 2 is 2.12 bits per heavy atom. The Bertz CT molecular complexity index is 612. The molecular formula is C11H10N2O4. The molecule has 1 aromatic heterocycles. The Labute approximate surface area is 96.0 Å². The van der Waals surface area contributed by atoms with Gasteiger partial charge in [-0.25, -0.2) is 9.95 Å². The Hall–Kier alpha value is -2.37. The van der Waals surface area contributed by atoms with E-state index < -0.39 is 10.5 Å². The van der Waals surface area contributed by atoms with Gasteiger partial charge in [-0.2, -0.15) is 0 Å². The van der Waals surface area contributed by atoms with Gasteiger partial charge in [0.1, 0.15) is 0 Å². The van der Waals surface area contributed by atoms with E-state index in [1.54, 1.807) is 25.1 Å². The smallest absolute Gasteiger partial charge is 0.339 e. The zero-order chi connectivity index (χ0) is 12.4. The summed E-state index contributed by atoms with van der Waals surface area (Å²) in [4.78, 5) is 21.7. The summed E-state index contributed by atoms with van der Waals surface area (Å²) in [6.45, 7) is 1.69. The minimum Gasteiger partial charge on any atom is -0.339 e. The summed E-state index contributed by atoms with van der Waals surface area (Å²) < 4.78 is 4.62. The minimum atomic E-state index is -0.486. The summed E-state index contributed by atoms with van der Waals surface area (Å²) >= 11 is 0. The standard InChI is InChI=1S/C11H10N2O4/c1-7-9(11(14)17-12-7)6-8-4-2-3-5-10(8)13(15)16/h2-5,12H,6H2,1H3. The van der Waals surface area contributed by atoms with E-state index in [9.17, 15) is 14.9 Å². The first-order chi connectivity index (χ1) is 8.09. The molecule has 1 N–H and O–H groups in total. The molecule has 88 valence electrons. The number of aryl methyl sites for hydroxylation is 1. The number of para-hydroxylation sites is 1. The number of hydrogen-bond acceptors (Lipinski definition) is 4. The Balaban J connectivity index is 2.43. The Kier molecular flexibility index (Phi) is 2.78. The molecule has 0 amide bonds. The second-order valence-electron chi connectivity index (χ2n) is 3.66. The van der Waals surface area contributed by atoms with Crippen molar-refractivity contribution >= 4 is 5.69 Å². The number of hydrogen-bond donors (Lipinski definition) is 1. The number of benzene rings is 1. The first-order valence-corrected chi connectivity index (χ1v) is 4.99. The van der Waals surface area contributed by atoms with E-state index >= 15 is 0 Å². The van der Waals surface area contributed by atoms with Crippen molar-refractivity contribution in [2.45, 2.75) is 13.3 Å². The molecule has 0 bridgehead atoms. The van der Waals surface area contributed by atoms with E-state index in [1.807, 2.05) is 0 Å². The molecule has 6 nitrogen and oxygen atoms in total. The van der Waals surface area contributed by atoms with E-state index in [1.165, 1.54) is 6.07 Å². The van der Waals surface area contributed by atoms with Crippen molar-refractivity contribution < 1.29 is 9.45 Å². The topological polar surface area (TPSA) is 89.1 Å². The van der Waals surface area contributed by atoms with Gasteiger partial charge in [-0.1, -0.05) is 18.2 Å². The van der Waals surface area contributed by atoms with E-state index in [0.29, 0.717) is 16.8 Å². The van der Waals surface area contributed by atoms with E-state index in [2.05, 4.69) is 9.68 Å². The molecule has 2 rings (SSSR count). The molecule has 2 aromatic rings. The zero-order valence-corrected chi connectivity index (χ0v) is 9.10.